The summed E-state index contributed by atoms with van der Waals surface area (Å²) < 4.78 is 2.16. The van der Waals surface area contributed by atoms with Gasteiger partial charge < -0.3 is 10.3 Å². The number of primary amides is 1. The molecule has 5 rings (SSSR count). The van der Waals surface area contributed by atoms with Crippen LogP contribution in [0, 0.1) is 0 Å². The average Bonchev–Trinajstić information content (AvgIpc) is 3.50. The second-order valence-corrected chi connectivity index (χ2v) is 7.01. The largest absolute Gasteiger partial charge is 0.364 e. The summed E-state index contributed by atoms with van der Waals surface area (Å²) in [5.74, 6) is -0.596. The van der Waals surface area contributed by atoms with E-state index in [0.29, 0.717) is 17.3 Å². The highest BCUT2D eigenvalue weighted by atomic mass is 16.1. The van der Waals surface area contributed by atoms with Crippen LogP contribution >= 0.6 is 0 Å². The Labute approximate surface area is 167 Å². The third-order valence-corrected chi connectivity index (χ3v) is 5.03. The zero-order valence-corrected chi connectivity index (χ0v) is 15.6. The summed E-state index contributed by atoms with van der Waals surface area (Å²) in [5, 5.41) is 0. The van der Waals surface area contributed by atoms with E-state index >= 15 is 0 Å². The molecule has 0 aliphatic heterocycles. The topological polar surface area (TPSA) is 99.6 Å². The summed E-state index contributed by atoms with van der Waals surface area (Å²) in [6.07, 6.45) is 11.0. The van der Waals surface area contributed by atoms with E-state index < -0.39 is 5.91 Å². The highest BCUT2D eigenvalue weighted by Crippen LogP contribution is 2.38. The van der Waals surface area contributed by atoms with Crippen LogP contribution in [-0.4, -0.2) is 30.4 Å². The maximum Gasteiger partial charge on any atom is 0.268 e. The van der Waals surface area contributed by atoms with Gasteiger partial charge in [0.25, 0.3) is 5.91 Å². The van der Waals surface area contributed by atoms with Crippen molar-refractivity contribution in [2.45, 2.75) is 18.9 Å². The molecule has 4 heterocycles. The van der Waals surface area contributed by atoms with Crippen molar-refractivity contribution in [2.75, 3.05) is 0 Å². The first kappa shape index (κ1) is 17.2. The van der Waals surface area contributed by atoms with E-state index in [2.05, 4.69) is 19.5 Å². The predicted octanol–water partition coefficient (Wildman–Crippen LogP) is 3.50. The molecule has 1 aliphatic carbocycles. The number of pyridine rings is 3. The fourth-order valence-corrected chi connectivity index (χ4v) is 3.53. The second kappa shape index (κ2) is 6.94. The van der Waals surface area contributed by atoms with Crippen LogP contribution in [0.4, 0.5) is 0 Å². The molecule has 0 bridgehead atoms. The normalized spacial score (nSPS) is 13.4. The van der Waals surface area contributed by atoms with E-state index in [0.717, 1.165) is 35.4 Å². The first-order chi connectivity index (χ1) is 14.2. The van der Waals surface area contributed by atoms with Crippen LogP contribution in [0.5, 0.6) is 0 Å². The molecule has 4 aromatic rings. The Morgan fingerprint density at radius 3 is 2.62 bits per heavy atom. The maximum atomic E-state index is 12.1. The standard InChI is InChI=1S/C22H18N6O/c23-22(29)21-20(16(8-10-26-21)14-3-2-9-24-11-14)18-5-1-4-17(27-18)19-12-25-13-28(19)15-6-7-15/h1-5,8-13,15H,6-7H2,(H2,23,29). The number of carbonyl (C=O) groups is 1. The Kier molecular flexibility index (Phi) is 4.13. The molecule has 4 aromatic heterocycles. The van der Waals surface area contributed by atoms with Crippen molar-refractivity contribution in [3.8, 4) is 33.8 Å². The third kappa shape index (κ3) is 3.16. The molecular weight excluding hydrogens is 364 g/mol. The van der Waals surface area contributed by atoms with Crippen molar-refractivity contribution in [1.82, 2.24) is 24.5 Å². The van der Waals surface area contributed by atoms with Crippen LogP contribution in [0.25, 0.3) is 33.8 Å². The lowest BCUT2D eigenvalue weighted by Crippen LogP contribution is -2.15. The fourth-order valence-electron chi connectivity index (χ4n) is 3.53. The molecule has 1 fully saturated rings. The number of hydrogen-bond acceptors (Lipinski definition) is 5. The maximum absolute atomic E-state index is 12.1. The van der Waals surface area contributed by atoms with Gasteiger partial charge in [-0.3, -0.25) is 14.8 Å². The van der Waals surface area contributed by atoms with E-state index in [-0.39, 0.29) is 5.69 Å². The molecule has 29 heavy (non-hydrogen) atoms. The van der Waals surface area contributed by atoms with Crippen LogP contribution < -0.4 is 5.73 Å². The van der Waals surface area contributed by atoms with Gasteiger partial charge in [0.1, 0.15) is 5.69 Å². The van der Waals surface area contributed by atoms with E-state index in [1.165, 1.54) is 0 Å². The predicted molar refractivity (Wildman–Crippen MR) is 109 cm³/mol. The minimum absolute atomic E-state index is 0.187. The Hall–Kier alpha value is -3.87. The van der Waals surface area contributed by atoms with Crippen LogP contribution in [-0.2, 0) is 0 Å². The summed E-state index contributed by atoms with van der Waals surface area (Å²) >= 11 is 0. The number of amides is 1. The number of carbonyl (C=O) groups excluding carboxylic acids is 1. The van der Waals surface area contributed by atoms with Gasteiger partial charge in [0.15, 0.2) is 0 Å². The first-order valence-corrected chi connectivity index (χ1v) is 9.41. The summed E-state index contributed by atoms with van der Waals surface area (Å²) in [5.41, 5.74) is 10.5. The fraction of sp³-hybridized carbons (Fsp3) is 0.136. The van der Waals surface area contributed by atoms with Gasteiger partial charge in [0.05, 0.1) is 29.6 Å². The first-order valence-electron chi connectivity index (χ1n) is 9.41. The van der Waals surface area contributed by atoms with Gasteiger partial charge in [0.2, 0.25) is 0 Å². The van der Waals surface area contributed by atoms with Crippen molar-refractivity contribution in [2.24, 2.45) is 5.73 Å². The Morgan fingerprint density at radius 2 is 1.86 bits per heavy atom. The van der Waals surface area contributed by atoms with Crippen molar-refractivity contribution < 1.29 is 4.79 Å². The van der Waals surface area contributed by atoms with E-state index in [1.807, 2.05) is 48.9 Å². The lowest BCUT2D eigenvalue weighted by Gasteiger charge is -2.13. The van der Waals surface area contributed by atoms with Crippen LogP contribution in [0.2, 0.25) is 0 Å². The molecule has 0 atom stereocenters. The van der Waals surface area contributed by atoms with E-state index in [4.69, 9.17) is 10.7 Å². The number of aromatic nitrogens is 5. The van der Waals surface area contributed by atoms with Crippen LogP contribution in [0.15, 0.2) is 67.5 Å². The highest BCUT2D eigenvalue weighted by Gasteiger charge is 2.26. The molecule has 0 spiro atoms. The SMILES string of the molecule is NC(=O)c1nccc(-c2cccnc2)c1-c1cccc(-c2cncn2C2CC2)n1. The Bertz CT molecular complexity index is 1200. The monoisotopic (exact) mass is 382 g/mol. The molecule has 0 unspecified atom stereocenters. The molecule has 0 aromatic carbocycles. The zero-order valence-electron chi connectivity index (χ0n) is 15.6. The van der Waals surface area contributed by atoms with Gasteiger partial charge in [-0.05, 0) is 42.7 Å². The minimum atomic E-state index is -0.596. The molecule has 0 radical (unpaired) electrons. The zero-order chi connectivity index (χ0) is 19.8. The highest BCUT2D eigenvalue weighted by molar-refractivity contribution is 6.01. The minimum Gasteiger partial charge on any atom is -0.364 e. The van der Waals surface area contributed by atoms with Crippen molar-refractivity contribution in [3.63, 3.8) is 0 Å². The van der Waals surface area contributed by atoms with Crippen LogP contribution in [0.3, 0.4) is 0 Å². The Balaban J connectivity index is 1.70. The van der Waals surface area contributed by atoms with Gasteiger partial charge in [-0.2, -0.15) is 0 Å². The number of nitrogens with two attached hydrogens (primary N) is 1. The molecule has 1 saturated carbocycles. The smallest absolute Gasteiger partial charge is 0.268 e. The summed E-state index contributed by atoms with van der Waals surface area (Å²) in [4.78, 5) is 29.7. The summed E-state index contributed by atoms with van der Waals surface area (Å²) in [6, 6.07) is 11.9. The van der Waals surface area contributed by atoms with Crippen molar-refractivity contribution >= 4 is 5.91 Å². The van der Waals surface area contributed by atoms with Gasteiger partial charge >= 0.3 is 0 Å². The van der Waals surface area contributed by atoms with Gasteiger partial charge in [-0.25, -0.2) is 9.97 Å². The lowest BCUT2D eigenvalue weighted by molar-refractivity contribution is 0.0996. The molecule has 1 amide bonds. The number of imidazole rings is 1. The molecule has 2 N–H and O–H groups in total. The molecule has 7 nitrogen and oxygen atoms in total. The Morgan fingerprint density at radius 1 is 1.00 bits per heavy atom. The number of hydrogen-bond donors (Lipinski definition) is 1. The van der Waals surface area contributed by atoms with Crippen molar-refractivity contribution in [1.29, 1.82) is 0 Å². The quantitative estimate of drug-likeness (QED) is 0.569. The van der Waals surface area contributed by atoms with E-state index in [9.17, 15) is 4.79 Å². The molecule has 0 saturated heterocycles. The van der Waals surface area contributed by atoms with Gasteiger partial charge in [0, 0.05) is 35.8 Å². The van der Waals surface area contributed by atoms with Crippen molar-refractivity contribution in [3.05, 3.63) is 73.2 Å². The number of rotatable bonds is 5. The van der Waals surface area contributed by atoms with E-state index in [1.54, 1.807) is 18.6 Å². The second-order valence-electron chi connectivity index (χ2n) is 7.01. The number of nitrogens with zero attached hydrogens (tertiary/aromatic N) is 5. The van der Waals surface area contributed by atoms with Gasteiger partial charge in [-0.1, -0.05) is 12.1 Å². The average molecular weight is 382 g/mol. The molecule has 1 aliphatic rings. The van der Waals surface area contributed by atoms with Gasteiger partial charge in [-0.15, -0.1) is 0 Å². The molecule has 142 valence electrons. The third-order valence-electron chi connectivity index (χ3n) is 5.03. The summed E-state index contributed by atoms with van der Waals surface area (Å²) in [6.45, 7) is 0. The molecule has 7 heteroatoms. The molecular formula is C22H18N6O. The lowest BCUT2D eigenvalue weighted by atomic mass is 9.97. The summed E-state index contributed by atoms with van der Waals surface area (Å²) in [7, 11) is 0. The van der Waals surface area contributed by atoms with Crippen LogP contribution in [0.1, 0.15) is 29.4 Å².